The lowest BCUT2D eigenvalue weighted by atomic mass is 10.0. The molecule has 2 aromatic heterocycles. The van der Waals surface area contributed by atoms with Gasteiger partial charge in [0, 0.05) is 17.0 Å². The predicted molar refractivity (Wildman–Crippen MR) is 103 cm³/mol. The largest absolute Gasteiger partial charge is 0.456 e. The molecule has 4 nitrogen and oxygen atoms in total. The van der Waals surface area contributed by atoms with Crippen molar-refractivity contribution in [2.75, 3.05) is 0 Å². The molecule has 0 atom stereocenters. The second-order valence-corrected chi connectivity index (χ2v) is 6.13. The maximum atomic E-state index is 12.1. The van der Waals surface area contributed by atoms with Crippen LogP contribution in [0.3, 0.4) is 0 Å². The minimum Gasteiger partial charge on any atom is -0.456 e. The summed E-state index contributed by atoms with van der Waals surface area (Å²) in [5, 5.41) is 1.15. The number of H-pyrrole nitrogens is 1. The number of esters is 1. The first-order valence-corrected chi connectivity index (χ1v) is 7.77. The van der Waals surface area contributed by atoms with Gasteiger partial charge in [0.25, 0.3) is 0 Å². The lowest BCUT2D eigenvalue weighted by molar-refractivity contribution is -0.671. The SMILES string of the molecule is C.C.CC(C)c1ccc2[nH]c(COC(=O)c3ccc[n+](C)c3)cc2c1. The fraction of sp³-hybridized carbons (Fsp3) is 0.333. The van der Waals surface area contributed by atoms with E-state index in [1.165, 1.54) is 5.56 Å². The first-order chi connectivity index (χ1) is 11.0. The third-order valence-corrected chi connectivity index (χ3v) is 3.90. The molecule has 25 heavy (non-hydrogen) atoms. The molecule has 4 heteroatoms. The van der Waals surface area contributed by atoms with Crippen molar-refractivity contribution in [2.24, 2.45) is 7.05 Å². The van der Waals surface area contributed by atoms with Gasteiger partial charge in [0.05, 0.1) is 5.69 Å². The lowest BCUT2D eigenvalue weighted by Crippen LogP contribution is -2.28. The predicted octanol–water partition coefficient (Wildman–Crippen LogP) is 4.75. The van der Waals surface area contributed by atoms with E-state index in [9.17, 15) is 4.79 Å². The van der Waals surface area contributed by atoms with E-state index in [0.717, 1.165) is 16.6 Å². The van der Waals surface area contributed by atoms with Crippen molar-refractivity contribution >= 4 is 16.9 Å². The molecule has 1 aromatic carbocycles. The summed E-state index contributed by atoms with van der Waals surface area (Å²) in [4.78, 5) is 15.4. The Morgan fingerprint density at radius 2 is 1.96 bits per heavy atom. The maximum absolute atomic E-state index is 12.1. The molecule has 0 fully saturated rings. The van der Waals surface area contributed by atoms with Gasteiger partial charge in [-0.25, -0.2) is 9.36 Å². The number of aromatic nitrogens is 2. The Morgan fingerprint density at radius 3 is 2.64 bits per heavy atom. The average molecular weight is 341 g/mol. The highest BCUT2D eigenvalue weighted by Gasteiger charge is 2.12. The molecule has 1 N–H and O–H groups in total. The highest BCUT2D eigenvalue weighted by Crippen LogP contribution is 2.22. The van der Waals surface area contributed by atoms with E-state index in [0.29, 0.717) is 11.5 Å². The topological polar surface area (TPSA) is 46.0 Å². The van der Waals surface area contributed by atoms with E-state index < -0.39 is 0 Å². The summed E-state index contributed by atoms with van der Waals surface area (Å²) < 4.78 is 7.22. The smallest absolute Gasteiger partial charge is 0.344 e. The lowest BCUT2D eigenvalue weighted by Gasteiger charge is -2.03. The molecule has 0 saturated carbocycles. The van der Waals surface area contributed by atoms with Gasteiger partial charge in [-0.15, -0.1) is 0 Å². The first kappa shape index (κ1) is 20.4. The summed E-state index contributed by atoms with van der Waals surface area (Å²) in [6.45, 7) is 4.59. The Morgan fingerprint density at radius 1 is 1.20 bits per heavy atom. The number of carbonyl (C=O) groups excluding carboxylic acids is 1. The molecule has 0 bridgehead atoms. The second-order valence-electron chi connectivity index (χ2n) is 6.13. The maximum Gasteiger partial charge on any atom is 0.344 e. The number of benzene rings is 1. The monoisotopic (exact) mass is 341 g/mol. The van der Waals surface area contributed by atoms with Crippen LogP contribution < -0.4 is 4.57 Å². The molecule has 0 radical (unpaired) electrons. The summed E-state index contributed by atoms with van der Waals surface area (Å²) in [7, 11) is 1.88. The number of pyridine rings is 1. The van der Waals surface area contributed by atoms with E-state index in [-0.39, 0.29) is 27.4 Å². The van der Waals surface area contributed by atoms with Gasteiger partial charge in [0.15, 0.2) is 12.4 Å². The highest BCUT2D eigenvalue weighted by molar-refractivity contribution is 5.88. The molecule has 0 aliphatic carbocycles. The molecule has 2 heterocycles. The van der Waals surface area contributed by atoms with Gasteiger partial charge in [-0.05, 0) is 35.7 Å². The summed E-state index contributed by atoms with van der Waals surface area (Å²) in [6.07, 6.45) is 3.63. The van der Waals surface area contributed by atoms with E-state index in [1.807, 2.05) is 29.9 Å². The number of hydrogen-bond donors (Lipinski definition) is 1. The molecule has 0 unspecified atom stereocenters. The standard InChI is InChI=1S/C19H21N2O2.2CH4/c1-13(2)14-6-7-18-16(9-14)10-17(20-18)12-23-19(22)15-5-4-8-21(3)11-15;;/h4-11,13,20H,12H2,1-3H3;2*1H4/q+1;;. The molecule has 0 amide bonds. The van der Waals surface area contributed by atoms with Crippen LogP contribution >= 0.6 is 0 Å². The number of hydrogen-bond acceptors (Lipinski definition) is 2. The molecule has 3 aromatic rings. The summed E-state index contributed by atoms with van der Waals surface area (Å²) in [5.41, 5.74) is 3.81. The number of carbonyl (C=O) groups is 1. The van der Waals surface area contributed by atoms with Gasteiger partial charge in [0.2, 0.25) is 0 Å². The third kappa shape index (κ3) is 4.69. The van der Waals surface area contributed by atoms with Crippen LogP contribution in [0.4, 0.5) is 0 Å². The molecule has 0 aliphatic heterocycles. The minimum absolute atomic E-state index is 0. The van der Waals surface area contributed by atoms with Crippen LogP contribution in [0.5, 0.6) is 0 Å². The summed E-state index contributed by atoms with van der Waals surface area (Å²) in [5.74, 6) is 0.178. The van der Waals surface area contributed by atoms with Crippen molar-refractivity contribution in [3.63, 3.8) is 0 Å². The molecular formula is C21H29N2O2+. The number of nitrogens with one attached hydrogen (secondary N) is 1. The van der Waals surface area contributed by atoms with E-state index in [2.05, 4.69) is 37.0 Å². The zero-order valence-electron chi connectivity index (χ0n) is 13.7. The molecule has 3 rings (SSSR count). The third-order valence-electron chi connectivity index (χ3n) is 3.90. The molecule has 0 aliphatic rings. The Hall–Kier alpha value is -2.62. The Balaban J connectivity index is 0.00000156. The van der Waals surface area contributed by atoms with Crippen LogP contribution in [0.1, 0.15) is 56.2 Å². The average Bonchev–Trinajstić information content (AvgIpc) is 2.94. The van der Waals surface area contributed by atoms with E-state index in [4.69, 9.17) is 4.74 Å². The van der Waals surface area contributed by atoms with Crippen molar-refractivity contribution in [3.05, 3.63) is 65.6 Å². The van der Waals surface area contributed by atoms with Crippen molar-refractivity contribution in [2.45, 2.75) is 41.2 Å². The summed E-state index contributed by atoms with van der Waals surface area (Å²) in [6, 6.07) is 12.0. The quantitative estimate of drug-likeness (QED) is 0.550. The molecular weight excluding hydrogens is 312 g/mol. The zero-order chi connectivity index (χ0) is 16.4. The number of aromatic amines is 1. The summed E-state index contributed by atoms with van der Waals surface area (Å²) >= 11 is 0. The van der Waals surface area contributed by atoms with Gasteiger partial charge in [0.1, 0.15) is 19.2 Å². The van der Waals surface area contributed by atoms with Crippen LogP contribution in [-0.4, -0.2) is 11.0 Å². The fourth-order valence-corrected chi connectivity index (χ4v) is 2.58. The minimum atomic E-state index is -0.317. The van der Waals surface area contributed by atoms with Gasteiger partial charge in [-0.2, -0.15) is 0 Å². The van der Waals surface area contributed by atoms with Crippen LogP contribution in [-0.2, 0) is 18.4 Å². The van der Waals surface area contributed by atoms with E-state index in [1.54, 1.807) is 12.3 Å². The number of rotatable bonds is 4. The van der Waals surface area contributed by atoms with Crippen molar-refractivity contribution < 1.29 is 14.1 Å². The molecule has 134 valence electrons. The molecule has 0 spiro atoms. The first-order valence-electron chi connectivity index (χ1n) is 7.77. The number of aryl methyl sites for hydroxylation is 1. The van der Waals surface area contributed by atoms with Crippen LogP contribution in [0.15, 0.2) is 48.8 Å². The zero-order valence-corrected chi connectivity index (χ0v) is 13.7. The van der Waals surface area contributed by atoms with Crippen LogP contribution in [0, 0.1) is 0 Å². The van der Waals surface area contributed by atoms with Crippen LogP contribution in [0.2, 0.25) is 0 Å². The van der Waals surface area contributed by atoms with Crippen molar-refractivity contribution in [1.82, 2.24) is 4.98 Å². The Labute approximate surface area is 150 Å². The number of nitrogens with zero attached hydrogens (tertiary/aromatic N) is 1. The van der Waals surface area contributed by atoms with Gasteiger partial charge in [-0.3, -0.25) is 0 Å². The van der Waals surface area contributed by atoms with Gasteiger partial charge in [-0.1, -0.05) is 34.8 Å². The number of fused-ring (bicyclic) bond motifs is 1. The highest BCUT2D eigenvalue weighted by atomic mass is 16.5. The Kier molecular flexibility index (Phi) is 6.92. The second kappa shape index (κ2) is 8.47. The normalized spacial score (nSPS) is 10.2. The number of ether oxygens (including phenoxy) is 1. The van der Waals surface area contributed by atoms with E-state index >= 15 is 0 Å². The van der Waals surface area contributed by atoms with Crippen molar-refractivity contribution in [3.8, 4) is 0 Å². The fourth-order valence-electron chi connectivity index (χ4n) is 2.58. The van der Waals surface area contributed by atoms with Gasteiger partial charge < -0.3 is 9.72 Å². The molecule has 0 saturated heterocycles. The van der Waals surface area contributed by atoms with Crippen LogP contribution in [0.25, 0.3) is 10.9 Å². The van der Waals surface area contributed by atoms with Gasteiger partial charge >= 0.3 is 5.97 Å². The van der Waals surface area contributed by atoms with Crippen molar-refractivity contribution in [1.29, 1.82) is 0 Å². The Bertz CT molecular complexity index is 850.